The van der Waals surface area contributed by atoms with E-state index in [0.29, 0.717) is 0 Å². The van der Waals surface area contributed by atoms with Crippen LogP contribution in [0.4, 0.5) is 0 Å². The van der Waals surface area contributed by atoms with Crippen LogP contribution in [0.25, 0.3) is 6.08 Å². The maximum Gasteiger partial charge on any atom is 0.0109 e. The molecular formula is C27H32. The van der Waals surface area contributed by atoms with Crippen LogP contribution in [0.1, 0.15) is 51.2 Å². The van der Waals surface area contributed by atoms with Crippen LogP contribution in [0.2, 0.25) is 0 Å². The van der Waals surface area contributed by atoms with E-state index in [9.17, 15) is 0 Å². The van der Waals surface area contributed by atoms with E-state index in [2.05, 4.69) is 125 Å². The second-order valence-corrected chi connectivity index (χ2v) is 7.89. The van der Waals surface area contributed by atoms with Gasteiger partial charge in [0.2, 0.25) is 0 Å². The van der Waals surface area contributed by atoms with Gasteiger partial charge in [-0.15, -0.1) is 6.58 Å². The molecule has 2 aromatic rings. The zero-order valence-electron chi connectivity index (χ0n) is 17.2. The Labute approximate surface area is 165 Å². The quantitative estimate of drug-likeness (QED) is 0.332. The SMILES string of the molecule is C=CC(C)(C)[C@@H](/C=C(/C=C/c1ccccc1)CC=C(C)C)c1ccccc1. The average molecular weight is 357 g/mol. The first-order valence-corrected chi connectivity index (χ1v) is 9.68. The van der Waals surface area contributed by atoms with E-state index >= 15 is 0 Å². The minimum absolute atomic E-state index is 0.0296. The van der Waals surface area contributed by atoms with E-state index < -0.39 is 0 Å². The van der Waals surface area contributed by atoms with Gasteiger partial charge in [0.05, 0.1) is 0 Å². The molecule has 0 spiro atoms. The molecule has 140 valence electrons. The standard InChI is InChI=1S/C27H32/c1-6-27(4,5)26(25-15-11-8-12-16-25)21-24(18-17-22(2)3)20-19-23-13-9-7-10-14-23/h6-17,19-21,26H,1,18H2,2-5H3/b20-19+,24-21+/t26-/m0/s1. The third kappa shape index (κ3) is 6.57. The highest BCUT2D eigenvalue weighted by molar-refractivity contribution is 5.53. The molecule has 0 nitrogen and oxygen atoms in total. The minimum Gasteiger partial charge on any atom is -0.103 e. The highest BCUT2D eigenvalue weighted by Crippen LogP contribution is 2.39. The van der Waals surface area contributed by atoms with Gasteiger partial charge in [0.25, 0.3) is 0 Å². The van der Waals surface area contributed by atoms with Crippen molar-refractivity contribution in [1.82, 2.24) is 0 Å². The second-order valence-electron chi connectivity index (χ2n) is 7.89. The van der Waals surface area contributed by atoms with Crippen LogP contribution in [0.3, 0.4) is 0 Å². The van der Waals surface area contributed by atoms with Gasteiger partial charge in [0, 0.05) is 5.92 Å². The van der Waals surface area contributed by atoms with Crippen molar-refractivity contribution in [3.63, 3.8) is 0 Å². The molecular weight excluding hydrogens is 324 g/mol. The van der Waals surface area contributed by atoms with Crippen molar-refractivity contribution in [2.75, 3.05) is 0 Å². The number of hydrogen-bond acceptors (Lipinski definition) is 0. The normalized spacial score (nSPS) is 13.4. The van der Waals surface area contributed by atoms with Crippen molar-refractivity contribution < 1.29 is 0 Å². The number of allylic oxidation sites excluding steroid dienone is 6. The van der Waals surface area contributed by atoms with Gasteiger partial charge in [-0.25, -0.2) is 0 Å². The van der Waals surface area contributed by atoms with E-state index in [1.165, 1.54) is 22.3 Å². The first-order chi connectivity index (χ1) is 12.9. The van der Waals surface area contributed by atoms with Crippen molar-refractivity contribution in [2.24, 2.45) is 5.41 Å². The lowest BCUT2D eigenvalue weighted by molar-refractivity contribution is 0.426. The first-order valence-electron chi connectivity index (χ1n) is 9.68. The zero-order chi connectivity index (χ0) is 19.7. The van der Waals surface area contributed by atoms with Crippen molar-refractivity contribution in [2.45, 2.75) is 40.0 Å². The van der Waals surface area contributed by atoms with E-state index in [4.69, 9.17) is 0 Å². The Morgan fingerprint density at radius 1 is 0.963 bits per heavy atom. The molecule has 27 heavy (non-hydrogen) atoms. The summed E-state index contributed by atoms with van der Waals surface area (Å²) in [5, 5.41) is 0. The van der Waals surface area contributed by atoms with E-state index in [0.717, 1.165) is 6.42 Å². The predicted molar refractivity (Wildman–Crippen MR) is 121 cm³/mol. The maximum atomic E-state index is 4.09. The molecule has 0 saturated carbocycles. The summed E-state index contributed by atoms with van der Waals surface area (Å²) in [6.45, 7) is 12.9. The topological polar surface area (TPSA) is 0 Å². The van der Waals surface area contributed by atoms with Crippen LogP contribution in [-0.4, -0.2) is 0 Å². The van der Waals surface area contributed by atoms with Crippen molar-refractivity contribution >= 4 is 6.08 Å². The largest absolute Gasteiger partial charge is 0.103 e. The number of rotatable bonds is 8. The van der Waals surface area contributed by atoms with Gasteiger partial charge in [-0.2, -0.15) is 0 Å². The molecule has 2 rings (SSSR count). The summed E-state index contributed by atoms with van der Waals surface area (Å²) in [5.74, 6) is 0.275. The van der Waals surface area contributed by atoms with Gasteiger partial charge in [0.1, 0.15) is 0 Å². The molecule has 0 aliphatic carbocycles. The molecule has 0 aliphatic rings. The highest BCUT2D eigenvalue weighted by atomic mass is 14.3. The lowest BCUT2D eigenvalue weighted by Crippen LogP contribution is -2.18. The fourth-order valence-electron chi connectivity index (χ4n) is 3.02. The highest BCUT2D eigenvalue weighted by Gasteiger charge is 2.26. The molecule has 0 N–H and O–H groups in total. The summed E-state index contributed by atoms with van der Waals surface area (Å²) in [5.41, 5.74) is 5.18. The third-order valence-electron chi connectivity index (χ3n) is 4.90. The van der Waals surface area contributed by atoms with Crippen LogP contribution in [0, 0.1) is 5.41 Å². The maximum absolute atomic E-state index is 4.09. The van der Waals surface area contributed by atoms with E-state index in [-0.39, 0.29) is 11.3 Å². The molecule has 0 heteroatoms. The molecule has 0 fully saturated rings. The third-order valence-corrected chi connectivity index (χ3v) is 4.90. The Kier molecular flexibility index (Phi) is 7.61. The molecule has 0 bridgehead atoms. The average Bonchev–Trinajstić information content (AvgIpc) is 2.68. The van der Waals surface area contributed by atoms with Crippen LogP contribution in [-0.2, 0) is 0 Å². The summed E-state index contributed by atoms with van der Waals surface area (Å²) in [6, 6.07) is 21.2. The molecule has 0 amide bonds. The Hall–Kier alpha value is -2.60. The summed E-state index contributed by atoms with van der Waals surface area (Å²) in [6.07, 6.45) is 12.2. The van der Waals surface area contributed by atoms with Crippen molar-refractivity contribution in [3.8, 4) is 0 Å². The molecule has 2 aromatic carbocycles. The molecule has 0 aromatic heterocycles. The monoisotopic (exact) mass is 356 g/mol. The molecule has 1 atom stereocenters. The molecule has 0 aliphatic heterocycles. The lowest BCUT2D eigenvalue weighted by Gasteiger charge is -2.30. The summed E-state index contributed by atoms with van der Waals surface area (Å²) in [7, 11) is 0. The Morgan fingerprint density at radius 3 is 2.11 bits per heavy atom. The van der Waals surface area contributed by atoms with Crippen LogP contribution >= 0.6 is 0 Å². The molecule has 0 radical (unpaired) electrons. The summed E-state index contributed by atoms with van der Waals surface area (Å²) < 4.78 is 0. The summed E-state index contributed by atoms with van der Waals surface area (Å²) in [4.78, 5) is 0. The molecule has 0 heterocycles. The Balaban J connectivity index is 2.45. The summed E-state index contributed by atoms with van der Waals surface area (Å²) >= 11 is 0. The van der Waals surface area contributed by atoms with Crippen LogP contribution in [0.5, 0.6) is 0 Å². The van der Waals surface area contributed by atoms with Gasteiger partial charge in [-0.3, -0.25) is 0 Å². The van der Waals surface area contributed by atoms with Gasteiger partial charge < -0.3 is 0 Å². The lowest BCUT2D eigenvalue weighted by atomic mass is 9.74. The number of hydrogen-bond donors (Lipinski definition) is 0. The van der Waals surface area contributed by atoms with Gasteiger partial charge in [-0.05, 0) is 42.4 Å². The van der Waals surface area contributed by atoms with Crippen molar-refractivity contribution in [3.05, 3.63) is 114 Å². The van der Waals surface area contributed by atoms with Crippen LogP contribution in [0.15, 0.2) is 103 Å². The predicted octanol–water partition coefficient (Wildman–Crippen LogP) is 7.98. The number of benzene rings is 2. The van der Waals surface area contributed by atoms with Gasteiger partial charge >= 0.3 is 0 Å². The Morgan fingerprint density at radius 2 is 1.56 bits per heavy atom. The van der Waals surface area contributed by atoms with Gasteiger partial charge in [0.15, 0.2) is 0 Å². The fraction of sp³-hybridized carbons (Fsp3) is 0.259. The smallest absolute Gasteiger partial charge is 0.0109 e. The van der Waals surface area contributed by atoms with E-state index in [1.54, 1.807) is 0 Å². The van der Waals surface area contributed by atoms with E-state index in [1.807, 2.05) is 0 Å². The zero-order valence-corrected chi connectivity index (χ0v) is 17.2. The van der Waals surface area contributed by atoms with Crippen LogP contribution < -0.4 is 0 Å². The second kappa shape index (κ2) is 9.92. The molecule has 0 saturated heterocycles. The minimum atomic E-state index is -0.0296. The fourth-order valence-corrected chi connectivity index (χ4v) is 3.02. The van der Waals surface area contributed by atoms with Crippen molar-refractivity contribution in [1.29, 1.82) is 0 Å². The molecule has 0 unspecified atom stereocenters. The Bertz CT molecular complexity index is 798. The van der Waals surface area contributed by atoms with Gasteiger partial charge in [-0.1, -0.05) is 110 Å². The first kappa shape index (κ1) is 20.7.